The molecule has 0 fully saturated rings. The Labute approximate surface area is 146 Å². The van der Waals surface area contributed by atoms with Gasteiger partial charge in [-0.05, 0) is 31.2 Å². The second-order valence-corrected chi connectivity index (χ2v) is 5.91. The highest BCUT2D eigenvalue weighted by atomic mass is 32.1. The molecule has 0 spiro atoms. The largest absolute Gasteiger partial charge is 0.497 e. The fraction of sp³-hybridized carbons (Fsp3) is 0.125. The maximum absolute atomic E-state index is 12.2. The van der Waals surface area contributed by atoms with Gasteiger partial charge in [0.1, 0.15) is 11.5 Å². The lowest BCUT2D eigenvalue weighted by Crippen LogP contribution is -2.10. The van der Waals surface area contributed by atoms with Gasteiger partial charge in [0, 0.05) is 5.38 Å². The molecule has 1 amide bonds. The molecule has 0 radical (unpaired) electrons. The summed E-state index contributed by atoms with van der Waals surface area (Å²) in [7, 11) is 1.42. The van der Waals surface area contributed by atoms with Crippen LogP contribution in [0.4, 0.5) is 10.8 Å². The van der Waals surface area contributed by atoms with E-state index in [1.165, 1.54) is 42.7 Å². The number of nitrogens with zero attached hydrogens (tertiary/aromatic N) is 2. The number of carbonyl (C=O) groups excluding carboxylic acids is 1. The summed E-state index contributed by atoms with van der Waals surface area (Å²) in [6.45, 7) is 1.82. The molecule has 0 bridgehead atoms. The molecular weight excluding hydrogens is 346 g/mol. The van der Waals surface area contributed by atoms with E-state index < -0.39 is 10.8 Å². The molecule has 8 nitrogen and oxygen atoms in total. The Kier molecular flexibility index (Phi) is 4.48. The number of benzene rings is 1. The van der Waals surface area contributed by atoms with Gasteiger partial charge in [-0.25, -0.2) is 4.98 Å². The number of nitro groups is 1. The molecule has 0 aliphatic rings. The molecule has 0 atom stereocenters. The first kappa shape index (κ1) is 16.7. The molecule has 3 rings (SSSR count). The Balaban J connectivity index is 1.88. The molecule has 2 aromatic heterocycles. The molecule has 3 aromatic rings. The van der Waals surface area contributed by atoms with E-state index >= 15 is 0 Å². The molecule has 1 aromatic carbocycles. The molecule has 0 saturated carbocycles. The second-order valence-electron chi connectivity index (χ2n) is 5.05. The number of anilines is 1. The van der Waals surface area contributed by atoms with Gasteiger partial charge in [0.15, 0.2) is 10.9 Å². The third-order valence-corrected chi connectivity index (χ3v) is 4.21. The monoisotopic (exact) mass is 359 g/mol. The van der Waals surface area contributed by atoms with Crippen molar-refractivity contribution in [3.05, 3.63) is 57.3 Å². The van der Waals surface area contributed by atoms with Crippen LogP contribution in [0, 0.1) is 17.0 Å². The van der Waals surface area contributed by atoms with Crippen molar-refractivity contribution in [3.63, 3.8) is 0 Å². The average Bonchev–Trinajstić information content (AvgIpc) is 3.23. The number of nitro benzene ring substituents is 1. The van der Waals surface area contributed by atoms with E-state index in [9.17, 15) is 14.9 Å². The van der Waals surface area contributed by atoms with E-state index in [1.807, 2.05) is 12.3 Å². The zero-order valence-corrected chi connectivity index (χ0v) is 14.1. The molecule has 9 heteroatoms. The number of ether oxygens (including phenoxy) is 1. The summed E-state index contributed by atoms with van der Waals surface area (Å²) >= 11 is 1.30. The second kappa shape index (κ2) is 6.73. The predicted molar refractivity (Wildman–Crippen MR) is 92.2 cm³/mol. The van der Waals surface area contributed by atoms with Crippen LogP contribution >= 0.6 is 11.3 Å². The van der Waals surface area contributed by atoms with Gasteiger partial charge < -0.3 is 9.15 Å². The maximum Gasteiger partial charge on any atom is 0.293 e. The number of rotatable bonds is 5. The standard InChI is InChI=1S/C16H13N3O5S/c1-9-8-25-16(17-9)18-15(20)14-6-5-13(24-14)11-4-3-10(23-2)7-12(11)19(21)22/h3-8H,1-2H3,(H,17,18,20). The van der Waals surface area contributed by atoms with Gasteiger partial charge in [-0.15, -0.1) is 11.3 Å². The number of thiazole rings is 1. The summed E-state index contributed by atoms with van der Waals surface area (Å²) in [6.07, 6.45) is 0. The molecule has 0 saturated heterocycles. The molecular formula is C16H13N3O5S. The van der Waals surface area contributed by atoms with Crippen LogP contribution in [0.1, 0.15) is 16.2 Å². The molecule has 1 N–H and O–H groups in total. The fourth-order valence-electron chi connectivity index (χ4n) is 2.17. The molecule has 128 valence electrons. The van der Waals surface area contributed by atoms with Crippen LogP contribution < -0.4 is 10.1 Å². The van der Waals surface area contributed by atoms with Crippen LogP contribution in [0.2, 0.25) is 0 Å². The van der Waals surface area contributed by atoms with E-state index in [0.29, 0.717) is 10.9 Å². The van der Waals surface area contributed by atoms with Crippen molar-refractivity contribution in [2.75, 3.05) is 12.4 Å². The topological polar surface area (TPSA) is 108 Å². The molecule has 25 heavy (non-hydrogen) atoms. The van der Waals surface area contributed by atoms with Gasteiger partial charge in [0.05, 0.1) is 29.4 Å². The van der Waals surface area contributed by atoms with E-state index in [0.717, 1.165) is 5.69 Å². The Morgan fingerprint density at radius 1 is 1.36 bits per heavy atom. The lowest BCUT2D eigenvalue weighted by molar-refractivity contribution is -0.384. The lowest BCUT2D eigenvalue weighted by atomic mass is 10.1. The van der Waals surface area contributed by atoms with Crippen LogP contribution in [-0.2, 0) is 0 Å². The summed E-state index contributed by atoms with van der Waals surface area (Å²) in [5.41, 5.74) is 0.889. The van der Waals surface area contributed by atoms with Gasteiger partial charge in [-0.3, -0.25) is 20.2 Å². The normalized spacial score (nSPS) is 10.5. The summed E-state index contributed by atoms with van der Waals surface area (Å²) in [5.74, 6) is 0.138. The minimum atomic E-state index is -0.529. The number of aryl methyl sites for hydroxylation is 1. The van der Waals surface area contributed by atoms with E-state index in [2.05, 4.69) is 10.3 Å². The number of aromatic nitrogens is 1. The van der Waals surface area contributed by atoms with Crippen LogP contribution in [-0.4, -0.2) is 22.9 Å². The first-order valence-corrected chi connectivity index (χ1v) is 8.02. The number of furan rings is 1. The third-order valence-electron chi connectivity index (χ3n) is 3.34. The van der Waals surface area contributed by atoms with E-state index in [4.69, 9.17) is 9.15 Å². The highest BCUT2D eigenvalue weighted by Gasteiger charge is 2.21. The summed E-state index contributed by atoms with van der Waals surface area (Å²) < 4.78 is 10.5. The zero-order valence-electron chi connectivity index (χ0n) is 13.3. The molecule has 0 unspecified atom stereocenters. The Morgan fingerprint density at radius 2 is 2.16 bits per heavy atom. The number of methoxy groups -OCH3 is 1. The van der Waals surface area contributed by atoms with Gasteiger partial charge in [0.2, 0.25) is 0 Å². The summed E-state index contributed by atoms with van der Waals surface area (Å²) in [5, 5.41) is 16.2. The summed E-state index contributed by atoms with van der Waals surface area (Å²) in [4.78, 5) is 27.1. The maximum atomic E-state index is 12.2. The SMILES string of the molecule is COc1ccc(-c2ccc(C(=O)Nc3nc(C)cs3)o2)c([N+](=O)[O-])c1. The highest BCUT2D eigenvalue weighted by Crippen LogP contribution is 2.34. The van der Waals surface area contributed by atoms with Crippen LogP contribution in [0.5, 0.6) is 5.75 Å². The number of carbonyl (C=O) groups is 1. The van der Waals surface area contributed by atoms with Gasteiger partial charge in [-0.2, -0.15) is 0 Å². The fourth-order valence-corrected chi connectivity index (χ4v) is 2.86. The van der Waals surface area contributed by atoms with Crippen molar-refractivity contribution in [2.24, 2.45) is 0 Å². The average molecular weight is 359 g/mol. The van der Waals surface area contributed by atoms with Crippen molar-refractivity contribution < 1.29 is 18.9 Å². The van der Waals surface area contributed by atoms with Crippen LogP contribution in [0.15, 0.2) is 40.1 Å². The molecule has 0 aliphatic heterocycles. The van der Waals surface area contributed by atoms with Gasteiger partial charge in [0.25, 0.3) is 11.6 Å². The molecule has 0 aliphatic carbocycles. The Bertz CT molecular complexity index is 947. The van der Waals surface area contributed by atoms with Gasteiger partial charge >= 0.3 is 0 Å². The number of hydrogen-bond donors (Lipinski definition) is 1. The van der Waals surface area contributed by atoms with Crippen molar-refractivity contribution in [2.45, 2.75) is 6.92 Å². The smallest absolute Gasteiger partial charge is 0.293 e. The first-order chi connectivity index (χ1) is 12.0. The van der Waals surface area contributed by atoms with Crippen molar-refractivity contribution in [1.29, 1.82) is 0 Å². The van der Waals surface area contributed by atoms with Crippen molar-refractivity contribution in [1.82, 2.24) is 4.98 Å². The van der Waals surface area contributed by atoms with Crippen molar-refractivity contribution >= 4 is 28.1 Å². The number of hydrogen-bond acceptors (Lipinski definition) is 7. The molecule has 2 heterocycles. The van der Waals surface area contributed by atoms with Gasteiger partial charge in [-0.1, -0.05) is 0 Å². The van der Waals surface area contributed by atoms with Crippen LogP contribution in [0.25, 0.3) is 11.3 Å². The lowest BCUT2D eigenvalue weighted by Gasteiger charge is -2.03. The Morgan fingerprint density at radius 3 is 2.80 bits per heavy atom. The highest BCUT2D eigenvalue weighted by molar-refractivity contribution is 7.13. The third kappa shape index (κ3) is 3.50. The summed E-state index contributed by atoms with van der Waals surface area (Å²) in [6, 6.07) is 7.37. The minimum absolute atomic E-state index is 0.0352. The predicted octanol–water partition coefficient (Wildman–Crippen LogP) is 3.88. The minimum Gasteiger partial charge on any atom is -0.497 e. The van der Waals surface area contributed by atoms with E-state index in [1.54, 1.807) is 6.07 Å². The first-order valence-electron chi connectivity index (χ1n) is 7.14. The Hall–Kier alpha value is -3.20. The number of nitrogens with one attached hydrogen (secondary N) is 1. The van der Waals surface area contributed by atoms with Crippen LogP contribution in [0.3, 0.4) is 0 Å². The zero-order chi connectivity index (χ0) is 18.0. The quantitative estimate of drug-likeness (QED) is 0.547. The number of amides is 1. The van der Waals surface area contributed by atoms with E-state index in [-0.39, 0.29) is 22.8 Å². The van der Waals surface area contributed by atoms with Crippen molar-refractivity contribution in [3.8, 4) is 17.1 Å².